The van der Waals surface area contributed by atoms with Crippen LogP contribution in [-0.4, -0.2) is 119 Å². The Morgan fingerprint density at radius 3 is 2.46 bits per heavy atom. The summed E-state index contributed by atoms with van der Waals surface area (Å²) < 4.78 is 32.7. The highest BCUT2D eigenvalue weighted by atomic mass is 19.1. The number of carbonyl (C=O) groups is 3. The SMILES string of the molecule is COCCCCc1c(C(=O)N(CC(C)C)[C@H]2C[C@@H](C(=O)N3CCOCC3)CN(C(=O)OC(C)(C)C)C2)nnn1-c1ccccc1F. The van der Waals surface area contributed by atoms with E-state index in [9.17, 15) is 18.8 Å². The van der Waals surface area contributed by atoms with Crippen LogP contribution < -0.4 is 0 Å². The molecule has 2 atom stereocenters. The first-order valence-corrected chi connectivity index (χ1v) is 16.2. The molecular formula is C33H49FN6O6. The van der Waals surface area contributed by atoms with E-state index in [-0.39, 0.29) is 42.2 Å². The van der Waals surface area contributed by atoms with Gasteiger partial charge in [-0.1, -0.05) is 31.2 Å². The number of rotatable bonds is 11. The molecule has 2 aliphatic rings. The van der Waals surface area contributed by atoms with Gasteiger partial charge in [0.2, 0.25) is 5.91 Å². The topological polar surface area (TPSA) is 119 Å². The maximum absolute atomic E-state index is 14.9. The first-order chi connectivity index (χ1) is 21.9. The third kappa shape index (κ3) is 9.03. The number of para-hydroxylation sites is 1. The van der Waals surface area contributed by atoms with Crippen molar-refractivity contribution in [3.63, 3.8) is 0 Å². The fourth-order valence-corrected chi connectivity index (χ4v) is 5.97. The van der Waals surface area contributed by atoms with Crippen LogP contribution in [0.1, 0.15) is 70.1 Å². The average molecular weight is 645 g/mol. The number of unbranched alkanes of at least 4 members (excludes halogenated alkanes) is 1. The third-order valence-corrected chi connectivity index (χ3v) is 8.07. The molecule has 3 heterocycles. The number of ether oxygens (including phenoxy) is 3. The van der Waals surface area contributed by atoms with E-state index >= 15 is 0 Å². The van der Waals surface area contributed by atoms with Gasteiger partial charge >= 0.3 is 6.09 Å². The Kier molecular flexibility index (Phi) is 12.1. The number of amides is 3. The molecule has 13 heteroatoms. The van der Waals surface area contributed by atoms with Gasteiger partial charge in [0.05, 0.1) is 30.9 Å². The van der Waals surface area contributed by atoms with E-state index in [0.29, 0.717) is 64.4 Å². The second kappa shape index (κ2) is 15.8. The summed E-state index contributed by atoms with van der Waals surface area (Å²) in [4.78, 5) is 46.7. The molecule has 0 unspecified atom stereocenters. The molecule has 0 saturated carbocycles. The molecule has 0 bridgehead atoms. The predicted molar refractivity (Wildman–Crippen MR) is 169 cm³/mol. The molecule has 3 amide bonds. The van der Waals surface area contributed by atoms with Gasteiger partial charge in [0, 0.05) is 46.4 Å². The fraction of sp³-hybridized carbons (Fsp3) is 0.667. The summed E-state index contributed by atoms with van der Waals surface area (Å²) >= 11 is 0. The molecule has 2 aliphatic heterocycles. The van der Waals surface area contributed by atoms with Crippen LogP contribution in [-0.2, 0) is 25.4 Å². The van der Waals surface area contributed by atoms with Crippen LogP contribution >= 0.6 is 0 Å². The van der Waals surface area contributed by atoms with Crippen LogP contribution in [0.4, 0.5) is 9.18 Å². The Balaban J connectivity index is 1.70. The van der Waals surface area contributed by atoms with Crippen LogP contribution in [0.15, 0.2) is 24.3 Å². The Morgan fingerprint density at radius 1 is 1.09 bits per heavy atom. The monoisotopic (exact) mass is 644 g/mol. The van der Waals surface area contributed by atoms with E-state index in [1.807, 2.05) is 13.8 Å². The minimum atomic E-state index is -0.732. The van der Waals surface area contributed by atoms with Crippen molar-refractivity contribution < 1.29 is 33.0 Å². The molecule has 1 aromatic carbocycles. The second-order valence-corrected chi connectivity index (χ2v) is 13.5. The maximum Gasteiger partial charge on any atom is 0.410 e. The molecule has 2 saturated heterocycles. The van der Waals surface area contributed by atoms with E-state index in [4.69, 9.17) is 14.2 Å². The van der Waals surface area contributed by atoms with Crippen molar-refractivity contribution in [3.05, 3.63) is 41.5 Å². The molecule has 46 heavy (non-hydrogen) atoms. The lowest BCUT2D eigenvalue weighted by Crippen LogP contribution is -2.58. The standard InChI is InChI=1S/C33H49FN6O6/c1-23(2)20-39(31(42)29-28(13-9-10-16-44-6)40(36-35-29)27-12-8-7-11-26(27)34)25-19-24(30(41)37-14-17-45-18-15-37)21-38(22-25)32(43)46-33(3,4)5/h7-8,11-12,23-25H,9-10,13-22H2,1-6H3/t24-,25+/m1/s1. The number of likely N-dealkylation sites (tertiary alicyclic amines) is 1. The van der Waals surface area contributed by atoms with E-state index in [2.05, 4.69) is 10.3 Å². The quantitative estimate of drug-likeness (QED) is 0.338. The van der Waals surface area contributed by atoms with Gasteiger partial charge in [-0.25, -0.2) is 13.9 Å². The highest BCUT2D eigenvalue weighted by molar-refractivity contribution is 5.94. The molecular weight excluding hydrogens is 595 g/mol. The molecule has 0 N–H and O–H groups in total. The van der Waals surface area contributed by atoms with Gasteiger partial charge < -0.3 is 28.9 Å². The summed E-state index contributed by atoms with van der Waals surface area (Å²) in [6, 6.07) is 5.76. The number of benzene rings is 1. The highest BCUT2D eigenvalue weighted by Gasteiger charge is 2.42. The van der Waals surface area contributed by atoms with Crippen molar-refractivity contribution in [1.82, 2.24) is 29.7 Å². The van der Waals surface area contributed by atoms with Crippen LogP contribution in [0.2, 0.25) is 0 Å². The third-order valence-electron chi connectivity index (χ3n) is 8.07. The van der Waals surface area contributed by atoms with Crippen LogP contribution in [0, 0.1) is 17.7 Å². The molecule has 2 fully saturated rings. The van der Waals surface area contributed by atoms with Gasteiger partial charge in [0.15, 0.2) is 5.69 Å². The lowest BCUT2D eigenvalue weighted by Gasteiger charge is -2.44. The second-order valence-electron chi connectivity index (χ2n) is 13.5. The summed E-state index contributed by atoms with van der Waals surface area (Å²) in [5, 5.41) is 8.57. The molecule has 4 rings (SSSR count). The van der Waals surface area contributed by atoms with Crippen LogP contribution in [0.3, 0.4) is 0 Å². The van der Waals surface area contributed by atoms with Gasteiger partial charge in [-0.2, -0.15) is 0 Å². The molecule has 254 valence electrons. The highest BCUT2D eigenvalue weighted by Crippen LogP contribution is 2.28. The largest absolute Gasteiger partial charge is 0.444 e. The number of methoxy groups -OCH3 is 1. The molecule has 1 aromatic heterocycles. The number of carbonyl (C=O) groups excluding carboxylic acids is 3. The Hall–Kier alpha value is -3.58. The van der Waals surface area contributed by atoms with Gasteiger partial charge in [-0.15, -0.1) is 5.10 Å². The molecule has 12 nitrogen and oxygen atoms in total. The molecule has 0 radical (unpaired) electrons. The summed E-state index contributed by atoms with van der Waals surface area (Å²) in [6.45, 7) is 12.6. The van der Waals surface area contributed by atoms with Gasteiger partial charge in [-0.3, -0.25) is 9.59 Å². The van der Waals surface area contributed by atoms with E-state index in [1.54, 1.807) is 60.8 Å². The Labute approximate surface area is 271 Å². The lowest BCUT2D eigenvalue weighted by molar-refractivity contribution is -0.142. The fourth-order valence-electron chi connectivity index (χ4n) is 5.97. The van der Waals surface area contributed by atoms with Crippen molar-refractivity contribution >= 4 is 17.9 Å². The minimum Gasteiger partial charge on any atom is -0.444 e. The first-order valence-electron chi connectivity index (χ1n) is 16.2. The number of halogens is 1. The normalized spacial score (nSPS) is 19.0. The predicted octanol–water partition coefficient (Wildman–Crippen LogP) is 3.96. The average Bonchev–Trinajstić information content (AvgIpc) is 3.44. The molecule has 0 spiro atoms. The van der Waals surface area contributed by atoms with Crippen molar-refractivity contribution in [2.75, 3.05) is 59.7 Å². The van der Waals surface area contributed by atoms with Crippen molar-refractivity contribution in [1.29, 1.82) is 0 Å². The Bertz CT molecular complexity index is 1340. The smallest absolute Gasteiger partial charge is 0.410 e. The lowest BCUT2D eigenvalue weighted by atomic mass is 9.91. The number of aromatic nitrogens is 3. The van der Waals surface area contributed by atoms with Crippen molar-refractivity contribution in [2.45, 2.75) is 71.9 Å². The van der Waals surface area contributed by atoms with E-state index < -0.39 is 29.5 Å². The van der Waals surface area contributed by atoms with E-state index in [0.717, 1.165) is 6.42 Å². The van der Waals surface area contributed by atoms with Gasteiger partial charge in [0.25, 0.3) is 5.91 Å². The summed E-state index contributed by atoms with van der Waals surface area (Å²) in [5.41, 5.74) is 0.105. The van der Waals surface area contributed by atoms with Crippen molar-refractivity contribution in [2.24, 2.45) is 11.8 Å². The zero-order valence-corrected chi connectivity index (χ0v) is 28.0. The van der Waals surface area contributed by atoms with Gasteiger partial charge in [-0.05, 0) is 64.5 Å². The minimum absolute atomic E-state index is 0.0668. The van der Waals surface area contributed by atoms with Gasteiger partial charge in [0.1, 0.15) is 17.1 Å². The first kappa shape index (κ1) is 35.3. The number of nitrogens with zero attached hydrogens (tertiary/aromatic N) is 6. The molecule has 0 aliphatic carbocycles. The zero-order chi connectivity index (χ0) is 33.4. The maximum atomic E-state index is 14.9. The number of piperidine rings is 1. The van der Waals surface area contributed by atoms with Crippen LogP contribution in [0.25, 0.3) is 5.69 Å². The number of hydrogen-bond acceptors (Lipinski definition) is 8. The number of morpholine rings is 1. The molecule has 2 aromatic rings. The summed E-state index contributed by atoms with van der Waals surface area (Å²) in [7, 11) is 1.63. The Morgan fingerprint density at radius 2 is 1.80 bits per heavy atom. The zero-order valence-electron chi connectivity index (χ0n) is 28.0. The number of hydrogen-bond donors (Lipinski definition) is 0. The van der Waals surface area contributed by atoms with Crippen LogP contribution in [0.5, 0.6) is 0 Å². The van der Waals surface area contributed by atoms with Crippen molar-refractivity contribution in [3.8, 4) is 5.69 Å². The summed E-state index contributed by atoms with van der Waals surface area (Å²) in [5.74, 6) is -1.38. The van der Waals surface area contributed by atoms with E-state index in [1.165, 1.54) is 10.7 Å². The summed E-state index contributed by atoms with van der Waals surface area (Å²) in [6.07, 6.45) is 1.68.